The van der Waals surface area contributed by atoms with Gasteiger partial charge in [-0.2, -0.15) is 4.98 Å². The fraction of sp³-hybridized carbons (Fsp3) is 0.316. The van der Waals surface area contributed by atoms with Crippen LogP contribution in [0, 0.1) is 6.92 Å². The first-order valence-corrected chi connectivity index (χ1v) is 9.35. The molecule has 6 nitrogen and oxygen atoms in total. The fourth-order valence-corrected chi connectivity index (χ4v) is 3.44. The van der Waals surface area contributed by atoms with Crippen molar-refractivity contribution in [1.29, 1.82) is 0 Å². The summed E-state index contributed by atoms with van der Waals surface area (Å²) in [4.78, 5) is 18.8. The van der Waals surface area contributed by atoms with E-state index in [4.69, 9.17) is 8.94 Å². The van der Waals surface area contributed by atoms with E-state index in [0.29, 0.717) is 35.2 Å². The minimum atomic E-state index is -0.0833. The maximum absolute atomic E-state index is 12.4. The number of halogens is 1. The molecule has 1 aromatic carbocycles. The molecule has 7 heteroatoms. The molecular formula is C19H18BrN3O3. The Hall–Kier alpha value is -2.41. The van der Waals surface area contributed by atoms with Gasteiger partial charge < -0.3 is 13.8 Å². The van der Waals surface area contributed by atoms with Gasteiger partial charge in [0.1, 0.15) is 0 Å². The summed E-state index contributed by atoms with van der Waals surface area (Å²) in [7, 11) is 0. The summed E-state index contributed by atoms with van der Waals surface area (Å²) in [5, 5.41) is 4.11. The van der Waals surface area contributed by atoms with Crippen molar-refractivity contribution < 1.29 is 13.7 Å². The number of benzene rings is 1. The highest BCUT2D eigenvalue weighted by Crippen LogP contribution is 2.29. The molecule has 0 aliphatic carbocycles. The predicted octanol–water partition coefficient (Wildman–Crippen LogP) is 4.42. The SMILES string of the molecule is Cc1ccc(-c2noc(C3CCN(C(=O)c4ccc(Br)o4)CC3)n2)cc1. The minimum Gasteiger partial charge on any atom is -0.444 e. The van der Waals surface area contributed by atoms with Crippen LogP contribution in [0.1, 0.15) is 40.8 Å². The van der Waals surface area contributed by atoms with Crippen molar-refractivity contribution in [3.8, 4) is 11.4 Å². The van der Waals surface area contributed by atoms with Gasteiger partial charge in [-0.15, -0.1) is 0 Å². The maximum atomic E-state index is 12.4. The Labute approximate surface area is 159 Å². The van der Waals surface area contributed by atoms with Gasteiger partial charge in [0, 0.05) is 24.6 Å². The molecule has 1 fully saturated rings. The average molecular weight is 416 g/mol. The van der Waals surface area contributed by atoms with Crippen molar-refractivity contribution >= 4 is 21.8 Å². The summed E-state index contributed by atoms with van der Waals surface area (Å²) in [5.41, 5.74) is 2.14. The van der Waals surface area contributed by atoms with E-state index >= 15 is 0 Å². The molecule has 1 amide bonds. The Morgan fingerprint density at radius 3 is 2.54 bits per heavy atom. The third kappa shape index (κ3) is 3.44. The van der Waals surface area contributed by atoms with E-state index in [-0.39, 0.29) is 11.8 Å². The van der Waals surface area contributed by atoms with Crippen LogP contribution in [0.3, 0.4) is 0 Å². The summed E-state index contributed by atoms with van der Waals surface area (Å²) < 4.78 is 11.4. The summed E-state index contributed by atoms with van der Waals surface area (Å²) in [5.74, 6) is 1.70. The van der Waals surface area contributed by atoms with Crippen LogP contribution in [0.5, 0.6) is 0 Å². The number of rotatable bonds is 3. The zero-order valence-corrected chi connectivity index (χ0v) is 15.9. The van der Waals surface area contributed by atoms with Crippen LogP contribution in [-0.2, 0) is 0 Å². The van der Waals surface area contributed by atoms with E-state index < -0.39 is 0 Å². The second-order valence-electron chi connectivity index (χ2n) is 6.49. The highest BCUT2D eigenvalue weighted by Gasteiger charge is 2.29. The first-order valence-electron chi connectivity index (χ1n) is 8.55. The van der Waals surface area contributed by atoms with Gasteiger partial charge in [-0.3, -0.25) is 4.79 Å². The van der Waals surface area contributed by atoms with Crippen LogP contribution in [0.15, 0.2) is 50.0 Å². The van der Waals surface area contributed by atoms with Crippen LogP contribution in [0.2, 0.25) is 0 Å². The monoisotopic (exact) mass is 415 g/mol. The van der Waals surface area contributed by atoms with E-state index in [1.807, 2.05) is 31.2 Å². The van der Waals surface area contributed by atoms with E-state index in [9.17, 15) is 4.79 Å². The zero-order valence-electron chi connectivity index (χ0n) is 14.3. The summed E-state index contributed by atoms with van der Waals surface area (Å²) in [6.45, 7) is 3.33. The smallest absolute Gasteiger partial charge is 0.289 e. The highest BCUT2D eigenvalue weighted by molar-refractivity contribution is 9.10. The number of aromatic nitrogens is 2. The second kappa shape index (κ2) is 7.07. The molecule has 3 aromatic rings. The molecule has 26 heavy (non-hydrogen) atoms. The number of hydrogen-bond donors (Lipinski definition) is 0. The number of carbonyl (C=O) groups is 1. The van der Waals surface area contributed by atoms with Crippen molar-refractivity contribution in [2.45, 2.75) is 25.7 Å². The number of aryl methyl sites for hydroxylation is 1. The van der Waals surface area contributed by atoms with Gasteiger partial charge in [0.05, 0.1) is 0 Å². The Kier molecular flexibility index (Phi) is 4.63. The van der Waals surface area contributed by atoms with Crippen LogP contribution >= 0.6 is 15.9 Å². The second-order valence-corrected chi connectivity index (χ2v) is 7.27. The molecule has 0 saturated carbocycles. The largest absolute Gasteiger partial charge is 0.444 e. The molecule has 2 aromatic heterocycles. The van der Waals surface area contributed by atoms with Gasteiger partial charge in [-0.05, 0) is 47.8 Å². The maximum Gasteiger partial charge on any atom is 0.289 e. The normalized spacial score (nSPS) is 15.4. The molecule has 0 radical (unpaired) electrons. The van der Waals surface area contributed by atoms with Crippen LogP contribution in [-0.4, -0.2) is 34.0 Å². The number of carbonyl (C=O) groups excluding carboxylic acids is 1. The quantitative estimate of drug-likeness (QED) is 0.632. The van der Waals surface area contributed by atoms with Gasteiger partial charge in [0.15, 0.2) is 10.4 Å². The molecule has 1 saturated heterocycles. The Bertz CT molecular complexity index is 908. The van der Waals surface area contributed by atoms with Crippen LogP contribution in [0.4, 0.5) is 0 Å². The Morgan fingerprint density at radius 1 is 1.15 bits per heavy atom. The van der Waals surface area contributed by atoms with Gasteiger partial charge >= 0.3 is 0 Å². The highest BCUT2D eigenvalue weighted by atomic mass is 79.9. The lowest BCUT2D eigenvalue weighted by atomic mass is 9.96. The number of likely N-dealkylation sites (tertiary alicyclic amines) is 1. The van der Waals surface area contributed by atoms with E-state index in [2.05, 4.69) is 26.1 Å². The van der Waals surface area contributed by atoms with Crippen molar-refractivity contribution in [1.82, 2.24) is 15.0 Å². The van der Waals surface area contributed by atoms with Crippen LogP contribution < -0.4 is 0 Å². The third-order valence-electron chi connectivity index (χ3n) is 4.67. The molecule has 0 spiro atoms. The van der Waals surface area contributed by atoms with Crippen molar-refractivity contribution in [2.75, 3.05) is 13.1 Å². The van der Waals surface area contributed by atoms with Gasteiger partial charge in [0.2, 0.25) is 11.7 Å². The van der Waals surface area contributed by atoms with Crippen molar-refractivity contribution in [3.63, 3.8) is 0 Å². The Morgan fingerprint density at radius 2 is 1.88 bits per heavy atom. The standard InChI is InChI=1S/C19H18BrN3O3/c1-12-2-4-13(5-3-12)17-21-18(26-22-17)14-8-10-23(11-9-14)19(24)15-6-7-16(20)25-15/h2-7,14H,8-11H2,1H3. The van der Waals surface area contributed by atoms with Crippen LogP contribution in [0.25, 0.3) is 11.4 Å². The molecule has 1 aliphatic heterocycles. The number of amides is 1. The lowest BCUT2D eigenvalue weighted by molar-refractivity contribution is 0.0671. The lowest BCUT2D eigenvalue weighted by Gasteiger charge is -2.29. The average Bonchev–Trinajstić information content (AvgIpc) is 3.31. The summed E-state index contributed by atoms with van der Waals surface area (Å²) in [6, 6.07) is 11.5. The first kappa shape index (κ1) is 17.0. The van der Waals surface area contributed by atoms with Gasteiger partial charge in [-0.25, -0.2) is 0 Å². The molecule has 0 bridgehead atoms. The van der Waals surface area contributed by atoms with E-state index in [0.717, 1.165) is 18.4 Å². The fourth-order valence-electron chi connectivity index (χ4n) is 3.14. The van der Waals surface area contributed by atoms with Gasteiger partial charge in [-0.1, -0.05) is 35.0 Å². The van der Waals surface area contributed by atoms with E-state index in [1.165, 1.54) is 5.56 Å². The molecule has 0 atom stereocenters. The molecule has 134 valence electrons. The van der Waals surface area contributed by atoms with Crippen molar-refractivity contribution in [3.05, 3.63) is 58.3 Å². The van der Waals surface area contributed by atoms with Crippen molar-refractivity contribution in [2.24, 2.45) is 0 Å². The number of nitrogens with zero attached hydrogens (tertiary/aromatic N) is 3. The van der Waals surface area contributed by atoms with Gasteiger partial charge in [0.25, 0.3) is 5.91 Å². The molecule has 0 N–H and O–H groups in total. The molecule has 4 rings (SSSR count). The number of furan rings is 1. The number of piperidine rings is 1. The lowest BCUT2D eigenvalue weighted by Crippen LogP contribution is -2.37. The summed E-state index contributed by atoms with van der Waals surface area (Å²) >= 11 is 3.23. The zero-order chi connectivity index (χ0) is 18.1. The third-order valence-corrected chi connectivity index (χ3v) is 5.09. The topological polar surface area (TPSA) is 72.4 Å². The van der Waals surface area contributed by atoms with E-state index in [1.54, 1.807) is 17.0 Å². The minimum absolute atomic E-state index is 0.0833. The Balaban J connectivity index is 1.40. The molecule has 0 unspecified atom stereocenters. The summed E-state index contributed by atoms with van der Waals surface area (Å²) in [6.07, 6.45) is 1.59. The number of hydrogen-bond acceptors (Lipinski definition) is 5. The molecular weight excluding hydrogens is 398 g/mol. The molecule has 3 heterocycles. The predicted molar refractivity (Wildman–Crippen MR) is 98.8 cm³/mol. The molecule has 1 aliphatic rings. The first-order chi connectivity index (χ1) is 12.6.